The van der Waals surface area contributed by atoms with Gasteiger partial charge in [-0.05, 0) is 12.8 Å². The SMILES string of the molecule is CCCCCCCCCC(=O)OOC(=O)CCCCCCCCC.ClC=C(Cl)Cl. The molecule has 0 fully saturated rings. The second-order valence-electron chi connectivity index (χ2n) is 7.05. The molecular formula is C22H39Cl3O4. The highest BCUT2D eigenvalue weighted by Crippen LogP contribution is 2.10. The molecule has 7 heteroatoms. The fourth-order valence-corrected chi connectivity index (χ4v) is 2.63. The van der Waals surface area contributed by atoms with Crippen molar-refractivity contribution in [3.63, 3.8) is 0 Å². The third kappa shape index (κ3) is 29.8. The molecule has 0 unspecified atom stereocenters. The second-order valence-corrected chi connectivity index (χ2v) is 8.28. The van der Waals surface area contributed by atoms with Crippen LogP contribution in [0.1, 0.15) is 117 Å². The first-order valence-corrected chi connectivity index (χ1v) is 12.2. The van der Waals surface area contributed by atoms with Crippen molar-refractivity contribution in [3.8, 4) is 0 Å². The molecule has 0 N–H and O–H groups in total. The fraction of sp³-hybridized carbons (Fsp3) is 0.818. The largest absolute Gasteiger partial charge is 0.355 e. The van der Waals surface area contributed by atoms with Gasteiger partial charge in [0, 0.05) is 5.54 Å². The summed E-state index contributed by atoms with van der Waals surface area (Å²) in [6, 6.07) is 0. The molecule has 0 atom stereocenters. The predicted octanol–water partition coefficient (Wildman–Crippen LogP) is 8.77. The van der Waals surface area contributed by atoms with Gasteiger partial charge in [-0.1, -0.05) is 126 Å². The van der Waals surface area contributed by atoms with Gasteiger partial charge < -0.3 is 0 Å². The molecule has 0 aromatic carbocycles. The minimum Gasteiger partial charge on any atom is -0.247 e. The highest BCUT2D eigenvalue weighted by Gasteiger charge is 2.09. The van der Waals surface area contributed by atoms with Gasteiger partial charge in [0.25, 0.3) is 0 Å². The standard InChI is InChI=1S/C20H38O4.C2HCl3/c1-3-5-7-9-11-13-15-17-19(21)23-24-20(22)18-16-14-12-10-8-6-4-2;3-1-2(4)5/h3-18H2,1-2H3;1H. The Kier molecular flexibility index (Phi) is 27.1. The Hall–Kier alpha value is -0.450. The van der Waals surface area contributed by atoms with Crippen LogP contribution in [-0.2, 0) is 19.4 Å². The third-order valence-corrected chi connectivity index (χ3v) is 4.94. The summed E-state index contributed by atoms with van der Waals surface area (Å²) in [7, 11) is 0. The van der Waals surface area contributed by atoms with Crippen LogP contribution in [0.4, 0.5) is 0 Å². The van der Waals surface area contributed by atoms with Crippen LogP contribution in [0.2, 0.25) is 0 Å². The van der Waals surface area contributed by atoms with E-state index >= 15 is 0 Å². The molecule has 4 nitrogen and oxygen atoms in total. The van der Waals surface area contributed by atoms with E-state index in [4.69, 9.17) is 34.8 Å². The zero-order chi connectivity index (χ0) is 22.2. The third-order valence-electron chi connectivity index (χ3n) is 4.28. The minimum absolute atomic E-state index is 0.0895. The summed E-state index contributed by atoms with van der Waals surface area (Å²) >= 11 is 14.8. The van der Waals surface area contributed by atoms with E-state index in [0.29, 0.717) is 12.8 Å². The maximum atomic E-state index is 11.5. The van der Waals surface area contributed by atoms with Crippen LogP contribution < -0.4 is 0 Å². The van der Waals surface area contributed by atoms with Gasteiger partial charge in [-0.3, -0.25) is 0 Å². The molecule has 0 heterocycles. The minimum atomic E-state index is -0.434. The Morgan fingerprint density at radius 3 is 1.17 bits per heavy atom. The lowest BCUT2D eigenvalue weighted by Crippen LogP contribution is -2.11. The van der Waals surface area contributed by atoms with Gasteiger partial charge in [0.1, 0.15) is 4.49 Å². The Labute approximate surface area is 192 Å². The van der Waals surface area contributed by atoms with Gasteiger partial charge in [-0.15, -0.1) is 0 Å². The van der Waals surface area contributed by atoms with Crippen molar-refractivity contribution in [1.29, 1.82) is 0 Å². The zero-order valence-corrected chi connectivity index (χ0v) is 20.4. The highest BCUT2D eigenvalue weighted by molar-refractivity contribution is 6.58. The average Bonchev–Trinajstić information content (AvgIpc) is 2.71. The van der Waals surface area contributed by atoms with E-state index in [1.54, 1.807) is 0 Å². The quantitative estimate of drug-likeness (QED) is 0.128. The van der Waals surface area contributed by atoms with Crippen LogP contribution in [0.3, 0.4) is 0 Å². The van der Waals surface area contributed by atoms with E-state index in [-0.39, 0.29) is 4.49 Å². The number of carbonyl (C=O) groups excluding carboxylic acids is 2. The molecule has 0 aliphatic carbocycles. The average molecular weight is 474 g/mol. The number of carbonyl (C=O) groups is 2. The second kappa shape index (κ2) is 25.6. The van der Waals surface area contributed by atoms with Crippen molar-refractivity contribution in [2.45, 2.75) is 117 Å². The van der Waals surface area contributed by atoms with Crippen molar-refractivity contribution in [2.24, 2.45) is 0 Å². The molecular weight excluding hydrogens is 435 g/mol. The molecule has 0 aliphatic heterocycles. The predicted molar refractivity (Wildman–Crippen MR) is 123 cm³/mol. The van der Waals surface area contributed by atoms with E-state index in [0.717, 1.165) is 44.1 Å². The van der Waals surface area contributed by atoms with Gasteiger partial charge in [0.05, 0.1) is 12.8 Å². The van der Waals surface area contributed by atoms with Gasteiger partial charge in [-0.25, -0.2) is 19.4 Å². The molecule has 0 spiro atoms. The lowest BCUT2D eigenvalue weighted by molar-refractivity contribution is -0.259. The summed E-state index contributed by atoms with van der Waals surface area (Å²) in [6.07, 6.45) is 16.7. The van der Waals surface area contributed by atoms with E-state index in [1.807, 2.05) is 0 Å². The normalized spacial score (nSPS) is 9.97. The lowest BCUT2D eigenvalue weighted by Gasteiger charge is -2.04. The molecule has 172 valence electrons. The van der Waals surface area contributed by atoms with Gasteiger partial charge in [0.15, 0.2) is 0 Å². The van der Waals surface area contributed by atoms with E-state index in [2.05, 4.69) is 23.6 Å². The highest BCUT2D eigenvalue weighted by atomic mass is 35.5. The van der Waals surface area contributed by atoms with Crippen molar-refractivity contribution in [1.82, 2.24) is 0 Å². The summed E-state index contributed by atoms with van der Waals surface area (Å²) in [5, 5.41) is 0. The topological polar surface area (TPSA) is 52.6 Å². The molecule has 0 radical (unpaired) electrons. The molecule has 0 saturated carbocycles. The summed E-state index contributed by atoms with van der Waals surface area (Å²) in [4.78, 5) is 32.1. The Morgan fingerprint density at radius 1 is 0.621 bits per heavy atom. The van der Waals surface area contributed by atoms with Crippen molar-refractivity contribution in [3.05, 3.63) is 10.0 Å². The first-order valence-electron chi connectivity index (χ1n) is 11.0. The molecule has 0 amide bonds. The molecule has 0 bridgehead atoms. The molecule has 0 aliphatic rings. The number of halogens is 3. The van der Waals surface area contributed by atoms with Gasteiger partial charge >= 0.3 is 11.9 Å². The lowest BCUT2D eigenvalue weighted by atomic mass is 10.1. The maximum absolute atomic E-state index is 11.5. The number of unbranched alkanes of at least 4 members (excludes halogenated alkanes) is 12. The van der Waals surface area contributed by atoms with Crippen molar-refractivity contribution < 1.29 is 19.4 Å². The molecule has 0 aromatic rings. The number of rotatable bonds is 16. The Balaban J connectivity index is 0. The van der Waals surface area contributed by atoms with Gasteiger partial charge in [-0.2, -0.15) is 0 Å². The van der Waals surface area contributed by atoms with E-state index in [9.17, 15) is 9.59 Å². The Morgan fingerprint density at radius 2 is 0.897 bits per heavy atom. The molecule has 29 heavy (non-hydrogen) atoms. The Bertz CT molecular complexity index is 381. The van der Waals surface area contributed by atoms with Gasteiger partial charge in [0.2, 0.25) is 0 Å². The van der Waals surface area contributed by atoms with Crippen LogP contribution >= 0.6 is 34.8 Å². The monoisotopic (exact) mass is 472 g/mol. The molecule has 0 saturated heterocycles. The fourth-order valence-electron chi connectivity index (χ4n) is 2.63. The smallest absolute Gasteiger partial charge is 0.247 e. The van der Waals surface area contributed by atoms with E-state index in [1.165, 1.54) is 51.4 Å². The van der Waals surface area contributed by atoms with Crippen LogP contribution in [0, 0.1) is 0 Å². The van der Waals surface area contributed by atoms with E-state index < -0.39 is 11.9 Å². The summed E-state index contributed by atoms with van der Waals surface area (Å²) in [5.74, 6) is -0.868. The molecule has 0 rings (SSSR count). The van der Waals surface area contributed by atoms with Crippen LogP contribution in [0.25, 0.3) is 0 Å². The van der Waals surface area contributed by atoms with Crippen LogP contribution in [-0.4, -0.2) is 11.9 Å². The van der Waals surface area contributed by atoms with Crippen molar-refractivity contribution >= 4 is 46.7 Å². The van der Waals surface area contributed by atoms with Crippen molar-refractivity contribution in [2.75, 3.05) is 0 Å². The summed E-state index contributed by atoms with van der Waals surface area (Å²) in [5.41, 5.74) is 1.09. The summed E-state index contributed by atoms with van der Waals surface area (Å²) in [6.45, 7) is 4.40. The zero-order valence-electron chi connectivity index (χ0n) is 18.2. The maximum Gasteiger partial charge on any atom is 0.355 e. The molecule has 0 aromatic heterocycles. The first kappa shape index (κ1) is 30.7. The van der Waals surface area contributed by atoms with Crippen LogP contribution in [0.5, 0.6) is 0 Å². The number of hydrogen-bond acceptors (Lipinski definition) is 4. The summed E-state index contributed by atoms with van der Waals surface area (Å²) < 4.78 is 0.0895. The first-order chi connectivity index (χ1) is 14.0. The van der Waals surface area contributed by atoms with Crippen LogP contribution in [0.15, 0.2) is 10.0 Å². The number of hydrogen-bond donors (Lipinski definition) is 0.